The highest BCUT2D eigenvalue weighted by atomic mass is 35.5. The summed E-state index contributed by atoms with van der Waals surface area (Å²) in [6, 6.07) is 3.55. The van der Waals surface area contributed by atoms with Crippen LogP contribution < -0.4 is 0 Å². The summed E-state index contributed by atoms with van der Waals surface area (Å²) in [5, 5.41) is 1.23. The van der Waals surface area contributed by atoms with Crippen LogP contribution in [0.1, 0.15) is 25.5 Å². The predicted octanol–water partition coefficient (Wildman–Crippen LogP) is 3.62. The van der Waals surface area contributed by atoms with Gasteiger partial charge in [0, 0.05) is 13.1 Å². The van der Waals surface area contributed by atoms with Crippen molar-refractivity contribution in [2.75, 3.05) is 13.1 Å². The van der Waals surface area contributed by atoms with Gasteiger partial charge in [0.25, 0.3) is 0 Å². The number of hydrogen-bond acceptors (Lipinski definition) is 2. The highest BCUT2D eigenvalue weighted by Crippen LogP contribution is 2.22. The summed E-state index contributed by atoms with van der Waals surface area (Å²) in [5.41, 5.74) is 0.892. The molecule has 2 heterocycles. The molecule has 1 aliphatic rings. The van der Waals surface area contributed by atoms with Crippen molar-refractivity contribution in [3.05, 3.63) is 28.0 Å². The van der Waals surface area contributed by atoms with Crippen LogP contribution in [0.5, 0.6) is 0 Å². The van der Waals surface area contributed by atoms with Crippen LogP contribution in [0.15, 0.2) is 12.1 Å². The standard InChI is InChI=1S/C12H16Cl2N2/c1-9-3-2-6-16(7-9)8-11-10(13)4-5-12(14)15-11/h4-5,9H,2-3,6-8H2,1H3. The number of piperidine rings is 1. The van der Waals surface area contributed by atoms with Crippen LogP contribution in [0, 0.1) is 5.92 Å². The molecule has 0 saturated carbocycles. The van der Waals surface area contributed by atoms with Crippen molar-refractivity contribution in [2.45, 2.75) is 26.3 Å². The number of likely N-dealkylation sites (tertiary alicyclic amines) is 1. The van der Waals surface area contributed by atoms with E-state index in [1.54, 1.807) is 6.07 Å². The highest BCUT2D eigenvalue weighted by Gasteiger charge is 2.17. The molecule has 4 heteroatoms. The van der Waals surface area contributed by atoms with Gasteiger partial charge in [-0.15, -0.1) is 0 Å². The number of nitrogens with zero attached hydrogens (tertiary/aromatic N) is 2. The Morgan fingerprint density at radius 1 is 1.44 bits per heavy atom. The van der Waals surface area contributed by atoms with E-state index in [2.05, 4.69) is 16.8 Å². The van der Waals surface area contributed by atoms with Gasteiger partial charge in [-0.1, -0.05) is 30.1 Å². The molecule has 2 nitrogen and oxygen atoms in total. The van der Waals surface area contributed by atoms with Crippen LogP contribution in [-0.2, 0) is 6.54 Å². The molecule has 1 fully saturated rings. The topological polar surface area (TPSA) is 16.1 Å². The zero-order valence-corrected chi connectivity index (χ0v) is 10.9. The average molecular weight is 259 g/mol. The fourth-order valence-electron chi connectivity index (χ4n) is 2.21. The Morgan fingerprint density at radius 2 is 2.25 bits per heavy atom. The molecule has 2 rings (SSSR count). The number of aromatic nitrogens is 1. The van der Waals surface area contributed by atoms with Crippen molar-refractivity contribution in [1.29, 1.82) is 0 Å². The minimum absolute atomic E-state index is 0.518. The third-order valence-electron chi connectivity index (χ3n) is 3.00. The SMILES string of the molecule is CC1CCCN(Cc2nc(Cl)ccc2Cl)C1. The molecule has 1 unspecified atom stereocenters. The lowest BCUT2D eigenvalue weighted by atomic mass is 10.0. The van der Waals surface area contributed by atoms with Crippen molar-refractivity contribution in [1.82, 2.24) is 9.88 Å². The second-order valence-electron chi connectivity index (χ2n) is 4.55. The number of halogens is 2. The minimum Gasteiger partial charge on any atom is -0.297 e. The van der Waals surface area contributed by atoms with E-state index in [-0.39, 0.29) is 0 Å². The van der Waals surface area contributed by atoms with Gasteiger partial charge in [0.05, 0.1) is 10.7 Å². The van der Waals surface area contributed by atoms with E-state index in [9.17, 15) is 0 Å². The second-order valence-corrected chi connectivity index (χ2v) is 5.34. The van der Waals surface area contributed by atoms with E-state index in [1.807, 2.05) is 6.07 Å². The number of pyridine rings is 1. The van der Waals surface area contributed by atoms with Gasteiger partial charge in [0.1, 0.15) is 5.15 Å². The fraction of sp³-hybridized carbons (Fsp3) is 0.583. The molecule has 1 aromatic rings. The van der Waals surface area contributed by atoms with Crippen LogP contribution in [-0.4, -0.2) is 23.0 Å². The van der Waals surface area contributed by atoms with Gasteiger partial charge in [-0.2, -0.15) is 0 Å². The van der Waals surface area contributed by atoms with Crippen LogP contribution in [0.25, 0.3) is 0 Å². The molecule has 88 valence electrons. The zero-order valence-electron chi connectivity index (χ0n) is 9.42. The average Bonchev–Trinajstić information content (AvgIpc) is 2.24. The number of hydrogen-bond donors (Lipinski definition) is 0. The summed E-state index contributed by atoms with van der Waals surface area (Å²) in [4.78, 5) is 6.69. The van der Waals surface area contributed by atoms with Crippen molar-refractivity contribution >= 4 is 23.2 Å². The normalized spacial score (nSPS) is 22.3. The molecule has 0 amide bonds. The maximum absolute atomic E-state index is 6.10. The second kappa shape index (κ2) is 5.35. The first kappa shape index (κ1) is 12.2. The third-order valence-corrected chi connectivity index (χ3v) is 3.55. The summed E-state index contributed by atoms with van der Waals surface area (Å²) in [7, 11) is 0. The zero-order chi connectivity index (χ0) is 11.5. The monoisotopic (exact) mass is 258 g/mol. The molecule has 0 aromatic carbocycles. The molecule has 1 aromatic heterocycles. The highest BCUT2D eigenvalue weighted by molar-refractivity contribution is 6.32. The van der Waals surface area contributed by atoms with Gasteiger partial charge >= 0.3 is 0 Å². The molecule has 16 heavy (non-hydrogen) atoms. The van der Waals surface area contributed by atoms with Crippen LogP contribution in [0.3, 0.4) is 0 Å². The quantitative estimate of drug-likeness (QED) is 0.754. The summed E-state index contributed by atoms with van der Waals surface area (Å²) >= 11 is 12.0. The predicted molar refractivity (Wildman–Crippen MR) is 67.9 cm³/mol. The van der Waals surface area contributed by atoms with E-state index in [1.165, 1.54) is 12.8 Å². The van der Waals surface area contributed by atoms with E-state index in [0.29, 0.717) is 10.2 Å². The Kier molecular flexibility index (Phi) is 4.06. The maximum atomic E-state index is 6.10. The summed E-state index contributed by atoms with van der Waals surface area (Å²) in [6.45, 7) is 5.36. The van der Waals surface area contributed by atoms with Crippen LogP contribution in [0.4, 0.5) is 0 Å². The van der Waals surface area contributed by atoms with Crippen LogP contribution in [0.2, 0.25) is 10.2 Å². The van der Waals surface area contributed by atoms with Crippen molar-refractivity contribution < 1.29 is 0 Å². The lowest BCUT2D eigenvalue weighted by molar-refractivity contribution is 0.175. The Balaban J connectivity index is 2.05. The molecule has 0 N–H and O–H groups in total. The Morgan fingerprint density at radius 3 is 3.00 bits per heavy atom. The summed E-state index contributed by atoms with van der Waals surface area (Å²) in [5.74, 6) is 0.770. The van der Waals surface area contributed by atoms with E-state index >= 15 is 0 Å². The van der Waals surface area contributed by atoms with Gasteiger partial charge < -0.3 is 0 Å². The van der Waals surface area contributed by atoms with E-state index in [0.717, 1.165) is 31.2 Å². The van der Waals surface area contributed by atoms with Gasteiger partial charge in [-0.25, -0.2) is 4.98 Å². The van der Waals surface area contributed by atoms with Gasteiger partial charge in [-0.05, 0) is 37.4 Å². The Hall–Kier alpha value is -0.310. The molecule has 0 aliphatic carbocycles. The third kappa shape index (κ3) is 3.09. The first-order valence-corrected chi connectivity index (χ1v) is 6.44. The first-order chi connectivity index (χ1) is 7.65. The minimum atomic E-state index is 0.518. The molecular weight excluding hydrogens is 243 g/mol. The first-order valence-electron chi connectivity index (χ1n) is 5.68. The van der Waals surface area contributed by atoms with Crippen molar-refractivity contribution in [3.63, 3.8) is 0 Å². The van der Waals surface area contributed by atoms with Gasteiger partial charge in [0.2, 0.25) is 0 Å². The molecule has 0 radical (unpaired) electrons. The maximum Gasteiger partial charge on any atom is 0.129 e. The smallest absolute Gasteiger partial charge is 0.129 e. The molecule has 1 aliphatic heterocycles. The molecule has 1 atom stereocenters. The van der Waals surface area contributed by atoms with Crippen molar-refractivity contribution in [3.8, 4) is 0 Å². The molecule has 0 spiro atoms. The van der Waals surface area contributed by atoms with E-state index in [4.69, 9.17) is 23.2 Å². The van der Waals surface area contributed by atoms with Gasteiger partial charge in [-0.3, -0.25) is 4.90 Å². The van der Waals surface area contributed by atoms with E-state index < -0.39 is 0 Å². The summed E-state index contributed by atoms with van der Waals surface area (Å²) in [6.07, 6.45) is 2.59. The molecule has 0 bridgehead atoms. The lowest BCUT2D eigenvalue weighted by Crippen LogP contribution is -2.34. The fourth-order valence-corrected chi connectivity index (χ4v) is 2.54. The number of rotatable bonds is 2. The largest absolute Gasteiger partial charge is 0.297 e. The Labute approximate surface area is 107 Å². The lowest BCUT2D eigenvalue weighted by Gasteiger charge is -2.30. The Bertz CT molecular complexity index is 368. The summed E-state index contributed by atoms with van der Waals surface area (Å²) < 4.78 is 0. The molecule has 1 saturated heterocycles. The molecular formula is C12H16Cl2N2. The van der Waals surface area contributed by atoms with Crippen molar-refractivity contribution in [2.24, 2.45) is 5.92 Å². The van der Waals surface area contributed by atoms with Gasteiger partial charge in [0.15, 0.2) is 0 Å². The van der Waals surface area contributed by atoms with Crippen LogP contribution >= 0.6 is 23.2 Å².